The van der Waals surface area contributed by atoms with E-state index < -0.39 is 12.0 Å². The molecule has 5 rings (SSSR count). The normalized spacial score (nSPS) is 15.1. The molecule has 0 unspecified atom stereocenters. The second-order valence-electron chi connectivity index (χ2n) is 10.2. The van der Waals surface area contributed by atoms with Crippen LogP contribution in [0.4, 0.5) is 0 Å². The molecule has 0 fully saturated rings. The molecule has 7 nitrogen and oxygen atoms in total. The van der Waals surface area contributed by atoms with E-state index in [1.54, 1.807) is 18.6 Å². The third kappa shape index (κ3) is 5.68. The van der Waals surface area contributed by atoms with Crippen molar-refractivity contribution in [1.82, 2.24) is 4.57 Å². The average molecular weight is 650 g/mol. The molecule has 4 aromatic rings. The molecule has 3 aromatic carbocycles. The minimum atomic E-state index is -0.793. The van der Waals surface area contributed by atoms with Gasteiger partial charge in [-0.15, -0.1) is 0 Å². The van der Waals surface area contributed by atoms with Crippen LogP contribution < -0.4 is 24.4 Å². The smallest absolute Gasteiger partial charge is 0.338 e. The number of thiazole rings is 1. The highest BCUT2D eigenvalue weighted by molar-refractivity contribution is 9.10. The molecule has 1 atom stereocenters. The fourth-order valence-electron chi connectivity index (χ4n) is 5.26. The van der Waals surface area contributed by atoms with Crippen molar-refractivity contribution in [2.24, 2.45) is 4.99 Å². The Hall–Kier alpha value is -3.69. The Balaban J connectivity index is 1.86. The minimum Gasteiger partial charge on any atom is -0.496 e. The van der Waals surface area contributed by atoms with Crippen molar-refractivity contribution in [3.8, 4) is 11.5 Å². The predicted molar refractivity (Wildman–Crippen MR) is 170 cm³/mol. The van der Waals surface area contributed by atoms with Crippen LogP contribution >= 0.6 is 27.3 Å². The van der Waals surface area contributed by atoms with Crippen molar-refractivity contribution in [3.05, 3.63) is 101 Å². The molecule has 0 saturated carbocycles. The number of methoxy groups -OCH3 is 1. The van der Waals surface area contributed by atoms with Crippen LogP contribution in [0.2, 0.25) is 0 Å². The number of hydrogen-bond donors (Lipinski definition) is 0. The van der Waals surface area contributed by atoms with Gasteiger partial charge in [-0.2, -0.15) is 0 Å². The Labute approximate surface area is 256 Å². The zero-order valence-electron chi connectivity index (χ0n) is 24.3. The topological polar surface area (TPSA) is 79.1 Å². The molecular weight excluding hydrogens is 616 g/mol. The molecule has 42 heavy (non-hydrogen) atoms. The molecule has 0 aliphatic carbocycles. The van der Waals surface area contributed by atoms with Crippen molar-refractivity contribution in [2.75, 3.05) is 13.7 Å². The van der Waals surface area contributed by atoms with Gasteiger partial charge in [0.15, 0.2) is 4.80 Å². The lowest BCUT2D eigenvalue weighted by Gasteiger charge is -2.28. The van der Waals surface area contributed by atoms with E-state index in [4.69, 9.17) is 19.2 Å². The van der Waals surface area contributed by atoms with Gasteiger partial charge in [0.25, 0.3) is 5.56 Å². The van der Waals surface area contributed by atoms with Gasteiger partial charge in [-0.05, 0) is 68.3 Å². The Morgan fingerprint density at radius 3 is 2.60 bits per heavy atom. The number of hydrogen-bond acceptors (Lipinski definition) is 7. The van der Waals surface area contributed by atoms with Gasteiger partial charge in [0, 0.05) is 15.6 Å². The van der Waals surface area contributed by atoms with Crippen LogP contribution in [0.25, 0.3) is 16.8 Å². The second-order valence-corrected chi connectivity index (χ2v) is 12.1. The highest BCUT2D eigenvalue weighted by Gasteiger charge is 2.37. The highest BCUT2D eigenvalue weighted by Crippen LogP contribution is 2.41. The molecule has 0 bridgehead atoms. The number of esters is 1. The number of allylic oxidation sites excluding steroid dienone is 1. The van der Waals surface area contributed by atoms with Gasteiger partial charge in [0.05, 0.1) is 35.6 Å². The first-order chi connectivity index (χ1) is 20.3. The first kappa shape index (κ1) is 29.8. The van der Waals surface area contributed by atoms with E-state index in [9.17, 15) is 9.59 Å². The summed E-state index contributed by atoms with van der Waals surface area (Å²) >= 11 is 4.84. The van der Waals surface area contributed by atoms with Gasteiger partial charge in [0.2, 0.25) is 0 Å². The zero-order chi connectivity index (χ0) is 30.0. The van der Waals surface area contributed by atoms with E-state index in [1.165, 1.54) is 11.3 Å². The quantitative estimate of drug-likeness (QED) is 0.199. The maximum Gasteiger partial charge on any atom is 0.338 e. The summed E-state index contributed by atoms with van der Waals surface area (Å²) in [5, 5.41) is 1.85. The number of rotatable bonds is 9. The maximum atomic E-state index is 14.4. The summed E-state index contributed by atoms with van der Waals surface area (Å²) in [6.45, 7) is 7.94. The molecular formula is C33H33BrN2O5S. The van der Waals surface area contributed by atoms with Crippen LogP contribution in [-0.2, 0) is 9.53 Å². The van der Waals surface area contributed by atoms with Gasteiger partial charge >= 0.3 is 5.97 Å². The molecule has 0 spiro atoms. The molecule has 0 N–H and O–H groups in total. The molecule has 1 aromatic heterocycles. The number of carbonyl (C=O) groups is 1. The van der Waals surface area contributed by atoms with Crippen LogP contribution in [0.15, 0.2) is 80.1 Å². The summed E-state index contributed by atoms with van der Waals surface area (Å²) in [6, 6.07) is 16.7. The lowest BCUT2D eigenvalue weighted by Crippen LogP contribution is -2.40. The molecule has 0 amide bonds. The lowest BCUT2D eigenvalue weighted by molar-refractivity contribution is -0.139. The standard InChI is InChI=1S/C33H33BrN2O5S/c1-6-10-24-29(32(38)40-7-2)30(28-23-12-9-8-11-20(23)13-15-26(28)39-5)36-31(37)27(42-33(36)35-24)18-21-17-22(34)14-16-25(21)41-19(3)4/h8-9,11-19,30H,6-7,10H2,1-5H3/b27-18+/t30-/m1/s1. The van der Waals surface area contributed by atoms with E-state index in [0.717, 1.165) is 32.8 Å². The van der Waals surface area contributed by atoms with Crippen molar-refractivity contribution in [2.45, 2.75) is 52.7 Å². The van der Waals surface area contributed by atoms with Crippen LogP contribution in [0.1, 0.15) is 57.7 Å². The second kappa shape index (κ2) is 12.7. The number of aromatic nitrogens is 1. The first-order valence-corrected chi connectivity index (χ1v) is 15.6. The molecule has 0 radical (unpaired) electrons. The predicted octanol–water partition coefficient (Wildman–Crippen LogP) is 6.29. The van der Waals surface area contributed by atoms with Gasteiger partial charge in [-0.25, -0.2) is 9.79 Å². The molecule has 2 heterocycles. The van der Waals surface area contributed by atoms with Crippen molar-refractivity contribution in [1.29, 1.82) is 0 Å². The van der Waals surface area contributed by atoms with E-state index >= 15 is 0 Å². The number of benzene rings is 3. The number of carbonyl (C=O) groups excluding carboxylic acids is 1. The zero-order valence-corrected chi connectivity index (χ0v) is 26.7. The Morgan fingerprint density at radius 2 is 1.88 bits per heavy atom. The molecule has 218 valence electrons. The first-order valence-electron chi connectivity index (χ1n) is 14.0. The van der Waals surface area contributed by atoms with Crippen LogP contribution in [0.3, 0.4) is 0 Å². The summed E-state index contributed by atoms with van der Waals surface area (Å²) in [7, 11) is 1.60. The van der Waals surface area contributed by atoms with Crippen molar-refractivity contribution in [3.63, 3.8) is 0 Å². The van der Waals surface area contributed by atoms with Crippen LogP contribution in [0.5, 0.6) is 11.5 Å². The minimum absolute atomic E-state index is 0.0397. The number of halogens is 1. The summed E-state index contributed by atoms with van der Waals surface area (Å²) in [4.78, 5) is 33.5. The van der Waals surface area contributed by atoms with Crippen molar-refractivity contribution >= 4 is 50.1 Å². The van der Waals surface area contributed by atoms with E-state index in [2.05, 4.69) is 15.9 Å². The van der Waals surface area contributed by atoms with Gasteiger partial charge in [0.1, 0.15) is 17.5 Å². The third-order valence-corrected chi connectivity index (χ3v) is 8.41. The summed E-state index contributed by atoms with van der Waals surface area (Å²) in [5.74, 6) is 0.760. The Morgan fingerprint density at radius 1 is 1.12 bits per heavy atom. The monoisotopic (exact) mass is 648 g/mol. The van der Waals surface area contributed by atoms with Gasteiger partial charge in [-0.1, -0.05) is 70.9 Å². The van der Waals surface area contributed by atoms with E-state index in [0.29, 0.717) is 38.5 Å². The summed E-state index contributed by atoms with van der Waals surface area (Å²) in [5.41, 5.74) is 2.21. The Kier molecular flexibility index (Phi) is 8.99. The van der Waals surface area contributed by atoms with Gasteiger partial charge in [-0.3, -0.25) is 9.36 Å². The molecule has 0 saturated heterocycles. The Bertz CT molecular complexity index is 1870. The fraction of sp³-hybridized carbons (Fsp3) is 0.303. The lowest BCUT2D eigenvalue weighted by atomic mass is 9.90. The third-order valence-electron chi connectivity index (χ3n) is 6.94. The van der Waals surface area contributed by atoms with Crippen molar-refractivity contribution < 1.29 is 19.0 Å². The number of fused-ring (bicyclic) bond motifs is 2. The highest BCUT2D eigenvalue weighted by atomic mass is 79.9. The SMILES string of the molecule is CCCC1=C(C(=O)OCC)[C@@H](c2c(OC)ccc3ccccc23)n2c(s/c(=C/c3cc(Br)ccc3OC(C)C)c2=O)=N1. The maximum absolute atomic E-state index is 14.4. The molecule has 9 heteroatoms. The number of ether oxygens (including phenoxy) is 3. The molecule has 1 aliphatic rings. The van der Waals surface area contributed by atoms with Crippen LogP contribution in [0, 0.1) is 0 Å². The fourth-order valence-corrected chi connectivity index (χ4v) is 6.65. The average Bonchev–Trinajstić information content (AvgIpc) is 3.27. The van der Waals surface area contributed by atoms with E-state index in [-0.39, 0.29) is 18.3 Å². The summed E-state index contributed by atoms with van der Waals surface area (Å²) in [6.07, 6.45) is 3.11. The molecule has 1 aliphatic heterocycles. The van der Waals surface area contributed by atoms with E-state index in [1.807, 2.05) is 81.4 Å². The van der Waals surface area contributed by atoms with Crippen LogP contribution in [-0.4, -0.2) is 30.4 Å². The number of nitrogens with zero attached hydrogens (tertiary/aromatic N) is 2. The largest absolute Gasteiger partial charge is 0.496 e. The van der Waals surface area contributed by atoms with Gasteiger partial charge < -0.3 is 14.2 Å². The summed E-state index contributed by atoms with van der Waals surface area (Å²) < 4.78 is 20.4.